The molecule has 6 nitrogen and oxygen atoms in total. The first-order valence-electron chi connectivity index (χ1n) is 12.5. The van der Waals surface area contributed by atoms with Gasteiger partial charge in [0.05, 0.1) is 24.3 Å². The zero-order chi connectivity index (χ0) is 24.7. The van der Waals surface area contributed by atoms with Crippen molar-refractivity contribution in [2.75, 3.05) is 30.8 Å². The minimum Gasteiger partial charge on any atom is -0.481 e. The van der Waals surface area contributed by atoms with Crippen LogP contribution in [0.4, 0.5) is 11.4 Å². The van der Waals surface area contributed by atoms with Crippen LogP contribution in [0.5, 0.6) is 0 Å². The van der Waals surface area contributed by atoms with Gasteiger partial charge in [-0.2, -0.15) is 0 Å². The smallest absolute Gasteiger partial charge is 0.304 e. The number of nitrogens with one attached hydrogen (secondary N) is 2. The average molecular weight is 474 g/mol. The second kappa shape index (κ2) is 9.42. The lowest BCUT2D eigenvalue weighted by Gasteiger charge is -2.33. The molecule has 1 aliphatic carbocycles. The number of aryl methyl sites for hydroxylation is 1. The SMILES string of the molecule is C/C=C\C1=C(C)O[C@H]2CN(C1)C1CCc3ccc(cc31)C(CC(=O)O)c1ccc(NC)c(c1C)N2. The first-order valence-corrected chi connectivity index (χ1v) is 12.5. The molecule has 0 saturated heterocycles. The van der Waals surface area contributed by atoms with Crippen molar-refractivity contribution in [2.45, 2.75) is 58.2 Å². The van der Waals surface area contributed by atoms with Crippen LogP contribution in [0.2, 0.25) is 0 Å². The highest BCUT2D eigenvalue weighted by Gasteiger charge is 2.35. The predicted molar refractivity (Wildman–Crippen MR) is 140 cm³/mol. The van der Waals surface area contributed by atoms with E-state index in [-0.39, 0.29) is 24.6 Å². The van der Waals surface area contributed by atoms with E-state index in [1.165, 1.54) is 16.7 Å². The Balaban J connectivity index is 1.73. The lowest BCUT2D eigenvalue weighted by Crippen LogP contribution is -2.39. The predicted octanol–water partition coefficient (Wildman–Crippen LogP) is 5.56. The molecule has 0 amide bonds. The van der Waals surface area contributed by atoms with Crippen molar-refractivity contribution >= 4 is 17.3 Å². The van der Waals surface area contributed by atoms with Crippen LogP contribution >= 0.6 is 0 Å². The van der Waals surface area contributed by atoms with Crippen molar-refractivity contribution in [3.63, 3.8) is 0 Å². The molecule has 3 N–H and O–H groups in total. The third-order valence-corrected chi connectivity index (χ3v) is 7.81. The molecular formula is C29H35N3O3. The van der Waals surface area contributed by atoms with Crippen LogP contribution in [0, 0.1) is 6.92 Å². The number of nitrogens with zero attached hydrogens (tertiary/aromatic N) is 1. The Bertz CT molecular complexity index is 1220. The molecule has 4 atom stereocenters. The Morgan fingerprint density at radius 1 is 1.26 bits per heavy atom. The maximum Gasteiger partial charge on any atom is 0.304 e. The third-order valence-electron chi connectivity index (χ3n) is 7.81. The van der Waals surface area contributed by atoms with Gasteiger partial charge in [-0.1, -0.05) is 36.4 Å². The van der Waals surface area contributed by atoms with Crippen LogP contribution in [0.3, 0.4) is 0 Å². The molecule has 0 aromatic heterocycles. The van der Waals surface area contributed by atoms with Crippen LogP contribution in [0.1, 0.15) is 66.5 Å². The van der Waals surface area contributed by atoms with E-state index >= 15 is 0 Å². The van der Waals surface area contributed by atoms with Crippen molar-refractivity contribution < 1.29 is 14.6 Å². The minimum absolute atomic E-state index is 0.0540. The zero-order valence-electron chi connectivity index (χ0n) is 21.0. The maximum atomic E-state index is 12.0. The molecule has 0 fully saturated rings. The molecule has 2 aromatic carbocycles. The number of allylic oxidation sites excluding steroid dienone is 2. The number of carboxylic acid groups (broad SMARTS) is 1. The van der Waals surface area contributed by atoms with E-state index in [0.717, 1.165) is 59.8 Å². The van der Waals surface area contributed by atoms with Crippen molar-refractivity contribution in [3.05, 3.63) is 81.6 Å². The van der Waals surface area contributed by atoms with Gasteiger partial charge in [0.25, 0.3) is 0 Å². The van der Waals surface area contributed by atoms with E-state index in [1.807, 2.05) is 20.0 Å². The summed E-state index contributed by atoms with van der Waals surface area (Å²) in [7, 11) is 1.91. The monoisotopic (exact) mass is 473 g/mol. The summed E-state index contributed by atoms with van der Waals surface area (Å²) in [6, 6.07) is 11.0. The molecule has 2 aromatic rings. The molecule has 184 valence electrons. The van der Waals surface area contributed by atoms with Crippen molar-refractivity contribution in [3.8, 4) is 0 Å². The topological polar surface area (TPSA) is 73.8 Å². The number of carbonyl (C=O) groups is 1. The van der Waals surface area contributed by atoms with Gasteiger partial charge in [0.15, 0.2) is 6.23 Å². The first kappa shape index (κ1) is 23.5. The number of carboxylic acids is 1. The Kier molecular flexibility index (Phi) is 6.32. The Hall–Kier alpha value is -3.25. The number of fused-ring (bicyclic) bond motifs is 6. The Labute approximate surface area is 207 Å². The van der Waals surface area contributed by atoms with E-state index in [9.17, 15) is 9.90 Å². The van der Waals surface area contributed by atoms with E-state index in [2.05, 4.69) is 65.8 Å². The largest absolute Gasteiger partial charge is 0.481 e. The highest BCUT2D eigenvalue weighted by Crippen LogP contribution is 2.43. The number of benzene rings is 2. The van der Waals surface area contributed by atoms with Crippen LogP contribution in [0.15, 0.2) is 53.8 Å². The summed E-state index contributed by atoms with van der Waals surface area (Å²) in [5, 5.41) is 16.8. The average Bonchev–Trinajstić information content (AvgIpc) is 3.18. The van der Waals surface area contributed by atoms with Crippen LogP contribution in [-0.2, 0) is 16.0 Å². The molecule has 5 rings (SSSR count). The zero-order valence-corrected chi connectivity index (χ0v) is 21.0. The van der Waals surface area contributed by atoms with Gasteiger partial charge < -0.3 is 20.5 Å². The van der Waals surface area contributed by atoms with E-state index in [1.54, 1.807) is 0 Å². The minimum atomic E-state index is -0.790. The molecule has 2 aliphatic heterocycles. The van der Waals surface area contributed by atoms with Gasteiger partial charge in [-0.05, 0) is 67.5 Å². The highest BCUT2D eigenvalue weighted by atomic mass is 16.5. The fourth-order valence-electron chi connectivity index (χ4n) is 6.06. The number of aliphatic carboxylic acids is 1. The fraction of sp³-hybridized carbons (Fsp3) is 0.414. The van der Waals surface area contributed by atoms with Gasteiger partial charge in [0, 0.05) is 31.1 Å². The lowest BCUT2D eigenvalue weighted by atomic mass is 9.83. The normalized spacial score (nSPS) is 25.3. The molecule has 2 heterocycles. The molecule has 6 bridgehead atoms. The maximum absolute atomic E-state index is 12.0. The van der Waals surface area contributed by atoms with Gasteiger partial charge in [0.1, 0.15) is 5.76 Å². The summed E-state index contributed by atoms with van der Waals surface area (Å²) < 4.78 is 6.51. The molecule has 0 spiro atoms. The molecule has 3 unspecified atom stereocenters. The molecule has 35 heavy (non-hydrogen) atoms. The second-order valence-electron chi connectivity index (χ2n) is 9.88. The molecule has 0 saturated carbocycles. The van der Waals surface area contributed by atoms with Crippen molar-refractivity contribution in [2.24, 2.45) is 0 Å². The fourth-order valence-corrected chi connectivity index (χ4v) is 6.06. The summed E-state index contributed by atoms with van der Waals surface area (Å²) in [4.78, 5) is 14.5. The number of anilines is 2. The number of rotatable bonds is 4. The summed E-state index contributed by atoms with van der Waals surface area (Å²) >= 11 is 0. The summed E-state index contributed by atoms with van der Waals surface area (Å²) in [5.74, 6) is -0.0721. The van der Waals surface area contributed by atoms with E-state index in [4.69, 9.17) is 4.74 Å². The van der Waals surface area contributed by atoms with Gasteiger partial charge in [0.2, 0.25) is 0 Å². The van der Waals surface area contributed by atoms with Crippen LogP contribution in [-0.4, -0.2) is 42.3 Å². The summed E-state index contributed by atoms with van der Waals surface area (Å²) in [6.45, 7) is 7.74. The van der Waals surface area contributed by atoms with Crippen molar-refractivity contribution in [1.82, 2.24) is 4.90 Å². The molecular weight excluding hydrogens is 438 g/mol. The standard InChI is InChI=1S/C29H35N3O3/c1-5-6-21-15-32-16-27(35-18(21)3)31-29-17(2)22(10-11-25(29)30-4)23(14-28(33)34)20-8-7-19-9-12-26(32)24(19)13-20/h5-8,10-11,13,23,26-27,30-31H,9,12,14-16H2,1-4H3,(H,33,34)/b6-5-/t23?,26?,27-/m0/s1. The second-order valence-corrected chi connectivity index (χ2v) is 9.88. The Morgan fingerprint density at radius 2 is 2.09 bits per heavy atom. The third kappa shape index (κ3) is 4.31. The Morgan fingerprint density at radius 3 is 2.83 bits per heavy atom. The van der Waals surface area contributed by atoms with E-state index in [0.29, 0.717) is 0 Å². The molecule has 6 heteroatoms. The van der Waals surface area contributed by atoms with Gasteiger partial charge in [-0.25, -0.2) is 0 Å². The van der Waals surface area contributed by atoms with Crippen LogP contribution in [0.25, 0.3) is 0 Å². The van der Waals surface area contributed by atoms with E-state index < -0.39 is 5.97 Å². The molecule has 3 aliphatic rings. The van der Waals surface area contributed by atoms with Gasteiger partial charge >= 0.3 is 5.97 Å². The summed E-state index contributed by atoms with van der Waals surface area (Å²) in [5.41, 5.74) is 9.01. The van der Waals surface area contributed by atoms with Crippen LogP contribution < -0.4 is 10.6 Å². The molecule has 0 radical (unpaired) electrons. The van der Waals surface area contributed by atoms with Gasteiger partial charge in [-0.15, -0.1) is 0 Å². The number of hydrogen-bond acceptors (Lipinski definition) is 5. The number of ether oxygens (including phenoxy) is 1. The lowest BCUT2D eigenvalue weighted by molar-refractivity contribution is -0.137. The van der Waals surface area contributed by atoms with Crippen molar-refractivity contribution in [1.29, 1.82) is 0 Å². The van der Waals surface area contributed by atoms with Gasteiger partial charge in [-0.3, -0.25) is 9.69 Å². The highest BCUT2D eigenvalue weighted by molar-refractivity contribution is 5.76. The quantitative estimate of drug-likeness (QED) is 0.540. The number of hydrogen-bond donors (Lipinski definition) is 3. The summed E-state index contributed by atoms with van der Waals surface area (Å²) in [6.07, 6.45) is 6.15. The first-order chi connectivity index (χ1) is 16.9.